The average Bonchev–Trinajstić information content (AvgIpc) is 2.41. The normalized spacial score (nSPS) is 48.2. The lowest BCUT2D eigenvalue weighted by molar-refractivity contribution is 0.125. The smallest absolute Gasteiger partial charge is 0.153 e. The number of rotatable bonds is 1. The van der Waals surface area contributed by atoms with Gasteiger partial charge < -0.3 is 0 Å². The molecule has 0 saturated carbocycles. The minimum atomic E-state index is -1.55. The molecule has 3 heteroatoms. The van der Waals surface area contributed by atoms with E-state index >= 15 is 0 Å². The number of hydrogen-bond donors (Lipinski definition) is 0. The van der Waals surface area contributed by atoms with Crippen LogP contribution in [-0.2, 0) is 0 Å². The van der Waals surface area contributed by atoms with Crippen molar-refractivity contribution in [1.29, 1.82) is 0 Å². The van der Waals surface area contributed by atoms with Crippen LogP contribution in [-0.4, -0.2) is 35.9 Å². The predicted octanol–water partition coefficient (Wildman–Crippen LogP) is 1.92. The lowest BCUT2D eigenvalue weighted by atomic mass is 9.91. The Morgan fingerprint density at radius 3 is 2.83 bits per heavy atom. The van der Waals surface area contributed by atoms with Gasteiger partial charge in [0.2, 0.25) is 0 Å². The van der Waals surface area contributed by atoms with Crippen LogP contribution in [0.1, 0.15) is 26.2 Å². The molecule has 0 aromatic heterocycles. The van der Waals surface area contributed by atoms with Crippen molar-refractivity contribution in [2.75, 3.05) is 19.8 Å². The van der Waals surface area contributed by atoms with E-state index in [2.05, 4.69) is 11.8 Å². The summed E-state index contributed by atoms with van der Waals surface area (Å²) in [6.45, 7) is 2.48. The zero-order chi connectivity index (χ0) is 8.82. The van der Waals surface area contributed by atoms with Crippen LogP contribution in [0.15, 0.2) is 0 Å². The van der Waals surface area contributed by atoms with Gasteiger partial charge in [0.15, 0.2) is 5.67 Å². The molecule has 0 aliphatic carbocycles. The fraction of sp³-hybridized carbons (Fsp3) is 1.00. The van der Waals surface area contributed by atoms with Crippen molar-refractivity contribution in [2.24, 2.45) is 0 Å². The number of alkyl halides is 2. The second-order valence-corrected chi connectivity index (χ2v) is 4.48. The van der Waals surface area contributed by atoms with Crippen molar-refractivity contribution in [3.05, 3.63) is 0 Å². The predicted molar refractivity (Wildman–Crippen MR) is 43.6 cm³/mol. The third-order valence-electron chi connectivity index (χ3n) is 3.32. The number of halogens is 2. The van der Waals surface area contributed by atoms with Gasteiger partial charge in [0, 0.05) is 18.5 Å². The van der Waals surface area contributed by atoms with E-state index < -0.39 is 12.3 Å². The van der Waals surface area contributed by atoms with Gasteiger partial charge in [0.25, 0.3) is 0 Å². The summed E-state index contributed by atoms with van der Waals surface area (Å²) < 4.78 is 25.9. The Balaban J connectivity index is 2.15. The molecule has 2 fully saturated rings. The standard InChI is InChI=1S/C9H15F2N/c1-8-3-2-4-12(8)7-9(11,5-8)6-10/h2-7H2,1H3/t8-,9?/m0/s1. The third kappa shape index (κ3) is 1.06. The first-order valence-corrected chi connectivity index (χ1v) is 4.58. The molecule has 0 aromatic carbocycles. The summed E-state index contributed by atoms with van der Waals surface area (Å²) in [6, 6.07) is 0. The van der Waals surface area contributed by atoms with Gasteiger partial charge in [0.05, 0.1) is 0 Å². The highest BCUT2D eigenvalue weighted by Gasteiger charge is 2.53. The molecule has 0 amide bonds. The van der Waals surface area contributed by atoms with E-state index in [-0.39, 0.29) is 5.54 Å². The molecule has 0 radical (unpaired) electrons. The first-order chi connectivity index (χ1) is 5.58. The highest BCUT2D eigenvalue weighted by atomic mass is 19.2. The number of nitrogens with zero attached hydrogens (tertiary/aromatic N) is 1. The largest absolute Gasteiger partial charge is 0.295 e. The molecule has 1 nitrogen and oxygen atoms in total. The van der Waals surface area contributed by atoms with Crippen LogP contribution in [0.3, 0.4) is 0 Å². The van der Waals surface area contributed by atoms with Crippen LogP contribution < -0.4 is 0 Å². The highest BCUT2D eigenvalue weighted by Crippen LogP contribution is 2.44. The topological polar surface area (TPSA) is 3.24 Å². The van der Waals surface area contributed by atoms with Gasteiger partial charge in [-0.15, -0.1) is 0 Å². The molecule has 0 spiro atoms. The SMILES string of the molecule is C[C@@]12CCCN1CC(F)(CF)C2. The van der Waals surface area contributed by atoms with Gasteiger partial charge in [0.1, 0.15) is 6.67 Å². The Morgan fingerprint density at radius 2 is 2.25 bits per heavy atom. The molecule has 1 unspecified atom stereocenters. The average molecular weight is 175 g/mol. The molecule has 0 bridgehead atoms. The lowest BCUT2D eigenvalue weighted by Gasteiger charge is -2.25. The minimum absolute atomic E-state index is 0.0408. The molecule has 12 heavy (non-hydrogen) atoms. The summed E-state index contributed by atoms with van der Waals surface area (Å²) in [5.74, 6) is 0. The van der Waals surface area contributed by atoms with Gasteiger partial charge in [-0.2, -0.15) is 0 Å². The van der Waals surface area contributed by atoms with E-state index in [0.29, 0.717) is 13.0 Å². The van der Waals surface area contributed by atoms with Crippen molar-refractivity contribution >= 4 is 0 Å². The van der Waals surface area contributed by atoms with Gasteiger partial charge in [-0.25, -0.2) is 8.78 Å². The lowest BCUT2D eigenvalue weighted by Crippen LogP contribution is -2.34. The van der Waals surface area contributed by atoms with E-state index in [1.165, 1.54) is 0 Å². The molecular formula is C9H15F2N. The molecule has 2 heterocycles. The van der Waals surface area contributed by atoms with Crippen LogP contribution in [0.25, 0.3) is 0 Å². The fourth-order valence-electron chi connectivity index (χ4n) is 2.72. The molecular weight excluding hydrogens is 160 g/mol. The molecule has 2 aliphatic heterocycles. The molecule has 0 N–H and O–H groups in total. The Bertz CT molecular complexity index is 197. The van der Waals surface area contributed by atoms with Crippen LogP contribution in [0.5, 0.6) is 0 Å². The van der Waals surface area contributed by atoms with Crippen molar-refractivity contribution < 1.29 is 8.78 Å². The molecule has 0 aromatic rings. The zero-order valence-corrected chi connectivity index (χ0v) is 7.45. The van der Waals surface area contributed by atoms with Crippen molar-refractivity contribution in [3.8, 4) is 0 Å². The number of fused-ring (bicyclic) bond motifs is 1. The second kappa shape index (κ2) is 2.41. The van der Waals surface area contributed by atoms with Crippen LogP contribution in [0.2, 0.25) is 0 Å². The summed E-state index contributed by atoms with van der Waals surface area (Å²) in [6.07, 6.45) is 2.55. The molecule has 2 atom stereocenters. The van der Waals surface area contributed by atoms with E-state index in [9.17, 15) is 8.78 Å². The summed E-state index contributed by atoms with van der Waals surface area (Å²) in [4.78, 5) is 2.10. The van der Waals surface area contributed by atoms with E-state index in [4.69, 9.17) is 0 Å². The third-order valence-corrected chi connectivity index (χ3v) is 3.32. The van der Waals surface area contributed by atoms with Gasteiger partial charge >= 0.3 is 0 Å². The Hall–Kier alpha value is -0.180. The zero-order valence-electron chi connectivity index (χ0n) is 7.45. The van der Waals surface area contributed by atoms with Gasteiger partial charge in [-0.3, -0.25) is 4.90 Å². The maximum Gasteiger partial charge on any atom is 0.153 e. The highest BCUT2D eigenvalue weighted by molar-refractivity contribution is 5.07. The van der Waals surface area contributed by atoms with Crippen LogP contribution in [0, 0.1) is 0 Å². The van der Waals surface area contributed by atoms with E-state index in [1.54, 1.807) is 0 Å². The molecule has 2 rings (SSSR count). The van der Waals surface area contributed by atoms with Crippen LogP contribution in [0.4, 0.5) is 8.78 Å². The van der Waals surface area contributed by atoms with Crippen molar-refractivity contribution in [3.63, 3.8) is 0 Å². The fourth-order valence-corrected chi connectivity index (χ4v) is 2.72. The summed E-state index contributed by atoms with van der Waals surface area (Å²) >= 11 is 0. The first-order valence-electron chi connectivity index (χ1n) is 4.58. The van der Waals surface area contributed by atoms with Gasteiger partial charge in [-0.1, -0.05) is 0 Å². The summed E-state index contributed by atoms with van der Waals surface area (Å²) in [5.41, 5.74) is -1.59. The van der Waals surface area contributed by atoms with Gasteiger partial charge in [-0.05, 0) is 26.3 Å². The summed E-state index contributed by atoms with van der Waals surface area (Å²) in [5, 5.41) is 0. The molecule has 2 saturated heterocycles. The second-order valence-electron chi connectivity index (χ2n) is 4.48. The monoisotopic (exact) mass is 175 g/mol. The minimum Gasteiger partial charge on any atom is -0.295 e. The number of hydrogen-bond acceptors (Lipinski definition) is 1. The molecule has 70 valence electrons. The quantitative estimate of drug-likeness (QED) is 0.588. The summed E-state index contributed by atoms with van der Waals surface area (Å²) in [7, 11) is 0. The maximum atomic E-state index is 13.6. The van der Waals surface area contributed by atoms with E-state index in [1.807, 2.05) is 0 Å². The Kier molecular flexibility index (Phi) is 1.69. The van der Waals surface area contributed by atoms with E-state index in [0.717, 1.165) is 19.4 Å². The Morgan fingerprint density at radius 1 is 1.50 bits per heavy atom. The van der Waals surface area contributed by atoms with Crippen molar-refractivity contribution in [2.45, 2.75) is 37.4 Å². The van der Waals surface area contributed by atoms with Crippen molar-refractivity contribution in [1.82, 2.24) is 4.90 Å². The maximum absolute atomic E-state index is 13.6. The Labute approximate surface area is 71.7 Å². The first kappa shape index (κ1) is 8.42. The molecule has 2 aliphatic rings. The van der Waals surface area contributed by atoms with Crippen LogP contribution >= 0.6 is 0 Å².